The van der Waals surface area contributed by atoms with Gasteiger partial charge in [-0.2, -0.15) is 0 Å². The van der Waals surface area contributed by atoms with Crippen molar-refractivity contribution in [2.24, 2.45) is 0 Å². The summed E-state index contributed by atoms with van der Waals surface area (Å²) in [6.07, 6.45) is 1.45. The Bertz CT molecular complexity index is 1710. The minimum absolute atomic E-state index is 0.0333. The number of aromatic nitrogens is 1. The number of hydrogen-bond donors (Lipinski definition) is 3. The van der Waals surface area contributed by atoms with Crippen molar-refractivity contribution in [1.82, 2.24) is 10.3 Å². The Morgan fingerprint density at radius 1 is 0.978 bits per heavy atom. The molecule has 0 aliphatic rings. The van der Waals surface area contributed by atoms with Crippen LogP contribution in [-0.4, -0.2) is 46.0 Å². The smallest absolute Gasteiger partial charge is 0.311 e. The Morgan fingerprint density at radius 3 is 2.36 bits per heavy atom. The first-order chi connectivity index (χ1) is 21.7. The van der Waals surface area contributed by atoms with Crippen molar-refractivity contribution < 1.29 is 28.8 Å². The number of ether oxygens (including phenoxy) is 1. The first-order valence-corrected chi connectivity index (χ1v) is 15.3. The van der Waals surface area contributed by atoms with Gasteiger partial charge in [0, 0.05) is 33.7 Å². The van der Waals surface area contributed by atoms with Gasteiger partial charge < -0.3 is 20.7 Å². The van der Waals surface area contributed by atoms with Crippen molar-refractivity contribution in [3.63, 3.8) is 0 Å². The second-order valence-electron chi connectivity index (χ2n) is 9.17. The molecule has 3 N–H and O–H groups in total. The molecule has 3 amide bonds. The van der Waals surface area contributed by atoms with E-state index in [-0.39, 0.29) is 42.0 Å². The van der Waals surface area contributed by atoms with Gasteiger partial charge in [0.25, 0.3) is 17.5 Å². The van der Waals surface area contributed by atoms with Gasteiger partial charge in [0.2, 0.25) is 5.91 Å². The van der Waals surface area contributed by atoms with Crippen LogP contribution < -0.4 is 16.0 Å². The largest absolute Gasteiger partial charge is 0.466 e. The lowest BCUT2D eigenvalue weighted by molar-refractivity contribution is -0.384. The highest BCUT2D eigenvalue weighted by Gasteiger charge is 2.16. The third-order valence-electron chi connectivity index (χ3n) is 5.85. The molecule has 0 aliphatic heterocycles. The molecule has 12 nitrogen and oxygen atoms in total. The van der Waals surface area contributed by atoms with Gasteiger partial charge in [-0.25, -0.2) is 4.98 Å². The number of carbonyl (C=O) groups excluding carboxylic acids is 4. The minimum atomic E-state index is -0.608. The van der Waals surface area contributed by atoms with Crippen LogP contribution in [0.25, 0.3) is 6.08 Å². The van der Waals surface area contributed by atoms with E-state index in [0.29, 0.717) is 27.6 Å². The Hall–Kier alpha value is -5.34. The number of thioether (sulfide) groups is 1. The van der Waals surface area contributed by atoms with Crippen molar-refractivity contribution in [2.45, 2.75) is 18.2 Å². The maximum absolute atomic E-state index is 13.2. The zero-order valence-electron chi connectivity index (χ0n) is 23.9. The van der Waals surface area contributed by atoms with Crippen LogP contribution in [0.1, 0.15) is 28.5 Å². The number of anilines is 2. The molecular weight excluding hydrogens is 619 g/mol. The van der Waals surface area contributed by atoms with E-state index in [2.05, 4.69) is 20.9 Å². The van der Waals surface area contributed by atoms with Crippen LogP contribution in [-0.2, 0) is 25.5 Å². The molecule has 4 rings (SSSR count). The van der Waals surface area contributed by atoms with Crippen LogP contribution in [0.4, 0.5) is 16.5 Å². The van der Waals surface area contributed by atoms with Gasteiger partial charge in [-0.15, -0.1) is 23.1 Å². The maximum atomic E-state index is 13.2. The lowest BCUT2D eigenvalue weighted by Gasteiger charge is -2.12. The molecule has 0 unspecified atom stereocenters. The van der Waals surface area contributed by atoms with Crippen LogP contribution >= 0.6 is 23.1 Å². The molecule has 45 heavy (non-hydrogen) atoms. The van der Waals surface area contributed by atoms with E-state index >= 15 is 0 Å². The lowest BCUT2D eigenvalue weighted by atomic mass is 10.1. The van der Waals surface area contributed by atoms with E-state index in [9.17, 15) is 29.3 Å². The fourth-order valence-corrected chi connectivity index (χ4v) is 5.17. The molecule has 4 aromatic rings. The molecule has 0 aliphatic carbocycles. The molecule has 0 spiro atoms. The van der Waals surface area contributed by atoms with Crippen molar-refractivity contribution in [3.05, 3.63) is 117 Å². The number of amides is 3. The summed E-state index contributed by atoms with van der Waals surface area (Å²) in [5.74, 6) is -1.67. The molecule has 3 aromatic carbocycles. The Morgan fingerprint density at radius 2 is 1.69 bits per heavy atom. The predicted octanol–water partition coefficient (Wildman–Crippen LogP) is 5.30. The fourth-order valence-electron chi connectivity index (χ4n) is 3.74. The summed E-state index contributed by atoms with van der Waals surface area (Å²) in [5.41, 5.74) is 1.60. The number of nitrogens with one attached hydrogen (secondary N) is 3. The van der Waals surface area contributed by atoms with Crippen LogP contribution in [0.2, 0.25) is 0 Å². The highest BCUT2D eigenvalue weighted by Crippen LogP contribution is 2.22. The Labute approximate surface area is 266 Å². The van der Waals surface area contributed by atoms with Gasteiger partial charge in [-0.3, -0.25) is 29.3 Å². The van der Waals surface area contributed by atoms with Crippen molar-refractivity contribution in [2.75, 3.05) is 23.0 Å². The molecule has 0 bridgehead atoms. The third kappa shape index (κ3) is 10.1. The number of nitro groups is 1. The molecule has 1 heterocycles. The first kappa shape index (κ1) is 32.6. The fraction of sp³-hybridized carbons (Fsp3) is 0.129. The predicted molar refractivity (Wildman–Crippen MR) is 172 cm³/mol. The molecule has 0 saturated carbocycles. The molecule has 0 atom stereocenters. The molecule has 14 heteroatoms. The summed E-state index contributed by atoms with van der Waals surface area (Å²) in [6, 6.07) is 20.7. The number of rotatable bonds is 13. The molecular formula is C31H27N5O7S2. The average molecular weight is 646 g/mol. The molecule has 0 radical (unpaired) electrons. The van der Waals surface area contributed by atoms with Crippen LogP contribution in [0, 0.1) is 10.1 Å². The standard InChI is InChI=1S/C31H27N5O7S2/c1-2-43-28(38)17-23-18-45-31(33-23)35-27(37)19-44-25-14-10-22(11-15-25)32-30(40)26(34-29(39)21-6-4-3-5-7-21)16-20-8-12-24(13-9-20)36(41)42/h3-16,18H,2,17,19H2,1H3,(H,32,40)(H,34,39)(H,33,35,37)/b26-16-. The summed E-state index contributed by atoms with van der Waals surface area (Å²) >= 11 is 2.49. The lowest BCUT2D eigenvalue weighted by Crippen LogP contribution is -2.30. The number of non-ortho nitro benzene ring substituents is 1. The van der Waals surface area contributed by atoms with Crippen LogP contribution in [0.3, 0.4) is 0 Å². The number of hydrogen-bond acceptors (Lipinski definition) is 10. The molecule has 230 valence electrons. The Balaban J connectivity index is 1.36. The highest BCUT2D eigenvalue weighted by molar-refractivity contribution is 8.00. The van der Waals surface area contributed by atoms with Gasteiger partial charge in [0.15, 0.2) is 5.13 Å². The van der Waals surface area contributed by atoms with E-state index in [0.717, 1.165) is 4.90 Å². The van der Waals surface area contributed by atoms with Gasteiger partial charge in [0.1, 0.15) is 5.70 Å². The van der Waals surface area contributed by atoms with Crippen molar-refractivity contribution >= 4 is 69.4 Å². The summed E-state index contributed by atoms with van der Waals surface area (Å²) in [4.78, 5) is 65.5. The quantitative estimate of drug-likeness (QED) is 0.0574. The van der Waals surface area contributed by atoms with Gasteiger partial charge in [-0.1, -0.05) is 18.2 Å². The number of carbonyl (C=O) groups is 4. The second-order valence-corrected chi connectivity index (χ2v) is 11.1. The van der Waals surface area contributed by atoms with Gasteiger partial charge in [-0.05, 0) is 67.1 Å². The second kappa shape index (κ2) is 15.9. The normalized spacial score (nSPS) is 10.9. The zero-order valence-corrected chi connectivity index (χ0v) is 25.5. The van der Waals surface area contributed by atoms with E-state index in [1.54, 1.807) is 66.9 Å². The number of thiazole rings is 1. The zero-order chi connectivity index (χ0) is 32.2. The van der Waals surface area contributed by atoms with E-state index in [4.69, 9.17) is 4.74 Å². The van der Waals surface area contributed by atoms with Crippen molar-refractivity contribution in [3.8, 4) is 0 Å². The highest BCUT2D eigenvalue weighted by atomic mass is 32.2. The first-order valence-electron chi connectivity index (χ1n) is 13.5. The van der Waals surface area contributed by atoms with Crippen LogP contribution in [0.5, 0.6) is 0 Å². The topological polar surface area (TPSA) is 170 Å². The average Bonchev–Trinajstić information content (AvgIpc) is 3.47. The summed E-state index contributed by atoms with van der Waals surface area (Å²) in [6.45, 7) is 2.01. The summed E-state index contributed by atoms with van der Waals surface area (Å²) in [5, 5.41) is 21.1. The number of esters is 1. The Kier molecular flexibility index (Phi) is 11.5. The molecule has 0 saturated heterocycles. The molecule has 0 fully saturated rings. The van der Waals surface area contributed by atoms with Gasteiger partial charge >= 0.3 is 5.97 Å². The SMILES string of the molecule is CCOC(=O)Cc1csc(NC(=O)CSc2ccc(NC(=O)/C(=C/c3ccc([N+](=O)[O-])cc3)NC(=O)c3ccccc3)cc2)n1. The minimum Gasteiger partial charge on any atom is -0.466 e. The molecule has 1 aromatic heterocycles. The number of benzene rings is 3. The van der Waals surface area contributed by atoms with E-state index < -0.39 is 16.7 Å². The van der Waals surface area contributed by atoms with Crippen LogP contribution in [0.15, 0.2) is 94.8 Å². The third-order valence-corrected chi connectivity index (χ3v) is 7.67. The summed E-state index contributed by atoms with van der Waals surface area (Å²) < 4.78 is 4.90. The van der Waals surface area contributed by atoms with Gasteiger partial charge in [0.05, 0.1) is 29.4 Å². The monoisotopic (exact) mass is 645 g/mol. The van der Waals surface area contributed by atoms with E-state index in [1.165, 1.54) is 53.4 Å². The number of nitro benzene ring substituents is 1. The summed E-state index contributed by atoms with van der Waals surface area (Å²) in [7, 11) is 0. The maximum Gasteiger partial charge on any atom is 0.311 e. The van der Waals surface area contributed by atoms with E-state index in [1.807, 2.05) is 0 Å². The number of nitrogens with zero attached hydrogens (tertiary/aromatic N) is 2. The van der Waals surface area contributed by atoms with Crippen molar-refractivity contribution in [1.29, 1.82) is 0 Å².